The molecule has 0 fully saturated rings. The molecular weight excluding hydrogens is 180 g/mol. The second-order valence-corrected chi connectivity index (χ2v) is 4.29. The average Bonchev–Trinajstić information content (AvgIpc) is 1.82. The van der Waals surface area contributed by atoms with Crippen LogP contribution in [0.15, 0.2) is 12.2 Å². The lowest BCUT2D eigenvalue weighted by Crippen LogP contribution is -2.21. The molecule has 0 aliphatic heterocycles. The van der Waals surface area contributed by atoms with Crippen LogP contribution in [0.5, 0.6) is 0 Å². The summed E-state index contributed by atoms with van der Waals surface area (Å²) in [4.78, 5) is 11.0. The zero-order chi connectivity index (χ0) is 9.94. The van der Waals surface area contributed by atoms with Crippen molar-refractivity contribution in [2.24, 2.45) is 5.92 Å². The van der Waals surface area contributed by atoms with Crippen molar-refractivity contribution in [1.29, 1.82) is 0 Å². The van der Waals surface area contributed by atoms with E-state index in [-0.39, 0.29) is 5.78 Å². The van der Waals surface area contributed by atoms with Gasteiger partial charge >= 0.3 is 0 Å². The smallest absolute Gasteiger partial charge is 0.265 e. The number of allylic oxidation sites excluding steroid dienone is 1. The van der Waals surface area contributed by atoms with E-state index < -0.39 is 21.8 Å². The molecule has 0 heterocycles. The van der Waals surface area contributed by atoms with Gasteiger partial charge in [0.05, 0.1) is 5.75 Å². The highest BCUT2D eigenvalue weighted by atomic mass is 32.2. The van der Waals surface area contributed by atoms with Gasteiger partial charge in [-0.05, 0) is 12.5 Å². The van der Waals surface area contributed by atoms with Crippen molar-refractivity contribution in [1.82, 2.24) is 0 Å². The number of Topliss-reactive ketones (excluding diaryl/α,β-unsaturated/α-hetero) is 1. The first-order chi connectivity index (χ1) is 5.24. The molecule has 0 amide bonds. The van der Waals surface area contributed by atoms with Crippen LogP contribution in [0.25, 0.3) is 0 Å². The highest BCUT2D eigenvalue weighted by Crippen LogP contribution is 2.06. The van der Waals surface area contributed by atoms with Gasteiger partial charge in [0.1, 0.15) is 0 Å². The summed E-state index contributed by atoms with van der Waals surface area (Å²) in [5.74, 6) is -1.61. The Balaban J connectivity index is 4.34. The van der Waals surface area contributed by atoms with Crippen LogP contribution in [-0.2, 0) is 14.9 Å². The summed E-state index contributed by atoms with van der Waals surface area (Å²) in [6.07, 6.45) is 0. The fourth-order valence-corrected chi connectivity index (χ4v) is 1.60. The Bertz CT molecular complexity index is 289. The fourth-order valence-electron chi connectivity index (χ4n) is 0.812. The minimum Gasteiger partial charge on any atom is -0.294 e. The molecule has 0 bridgehead atoms. The Kier molecular flexibility index (Phi) is 3.60. The topological polar surface area (TPSA) is 71.4 Å². The molecule has 0 aromatic heterocycles. The summed E-state index contributed by atoms with van der Waals surface area (Å²) in [6.45, 7) is 6.32. The van der Waals surface area contributed by atoms with E-state index in [1.807, 2.05) is 0 Å². The van der Waals surface area contributed by atoms with Crippen molar-refractivity contribution in [2.75, 3.05) is 5.75 Å². The van der Waals surface area contributed by atoms with E-state index in [2.05, 4.69) is 6.58 Å². The average molecular weight is 192 g/mol. The second-order valence-electron chi connectivity index (χ2n) is 2.79. The molecule has 0 rings (SSSR count). The van der Waals surface area contributed by atoms with Crippen LogP contribution in [0.2, 0.25) is 0 Å². The molecule has 0 aliphatic carbocycles. The number of hydrogen-bond donors (Lipinski definition) is 1. The molecule has 0 aromatic carbocycles. The summed E-state index contributed by atoms with van der Waals surface area (Å²) < 4.78 is 29.1. The van der Waals surface area contributed by atoms with E-state index in [0.717, 1.165) is 0 Å². The van der Waals surface area contributed by atoms with E-state index in [1.54, 1.807) is 0 Å². The Morgan fingerprint density at radius 1 is 1.58 bits per heavy atom. The molecule has 1 N–H and O–H groups in total. The van der Waals surface area contributed by atoms with Gasteiger partial charge in [-0.2, -0.15) is 8.42 Å². The van der Waals surface area contributed by atoms with Crippen LogP contribution in [0.4, 0.5) is 0 Å². The second kappa shape index (κ2) is 3.82. The molecule has 70 valence electrons. The van der Waals surface area contributed by atoms with Gasteiger partial charge in [0, 0.05) is 5.92 Å². The molecule has 0 spiro atoms. The standard InChI is InChI=1S/C7H12O4S/c1-5(2)7(8)6(3)4-12(9,10)11/h6H,1,4H2,2-3H3,(H,9,10,11). The fraction of sp³-hybridized carbons (Fsp3) is 0.571. The van der Waals surface area contributed by atoms with E-state index in [4.69, 9.17) is 4.55 Å². The first-order valence-corrected chi connectivity index (χ1v) is 5.00. The van der Waals surface area contributed by atoms with Crippen LogP contribution < -0.4 is 0 Å². The monoisotopic (exact) mass is 192 g/mol. The summed E-state index contributed by atoms with van der Waals surface area (Å²) >= 11 is 0. The maximum atomic E-state index is 11.0. The van der Waals surface area contributed by atoms with Crippen molar-refractivity contribution in [2.45, 2.75) is 13.8 Å². The predicted molar refractivity (Wildman–Crippen MR) is 45.4 cm³/mol. The lowest BCUT2D eigenvalue weighted by Gasteiger charge is -2.06. The van der Waals surface area contributed by atoms with E-state index in [0.29, 0.717) is 5.57 Å². The SMILES string of the molecule is C=C(C)C(=O)C(C)CS(=O)(=O)O. The quantitative estimate of drug-likeness (QED) is 0.524. The van der Waals surface area contributed by atoms with Crippen LogP contribution in [0, 0.1) is 5.92 Å². The predicted octanol–water partition coefficient (Wildman–Crippen LogP) is 0.655. The molecule has 12 heavy (non-hydrogen) atoms. The summed E-state index contributed by atoms with van der Waals surface area (Å²) in [5.41, 5.74) is 0.297. The number of carbonyl (C=O) groups excluding carboxylic acids is 1. The van der Waals surface area contributed by atoms with Crippen LogP contribution in [0.1, 0.15) is 13.8 Å². The Labute approximate surface area is 72.0 Å². The highest BCUT2D eigenvalue weighted by Gasteiger charge is 2.19. The molecule has 0 aliphatic rings. The van der Waals surface area contributed by atoms with Gasteiger partial charge in [0.2, 0.25) is 0 Å². The molecule has 1 atom stereocenters. The van der Waals surface area contributed by atoms with Gasteiger partial charge in [-0.25, -0.2) is 0 Å². The van der Waals surface area contributed by atoms with Gasteiger partial charge in [-0.3, -0.25) is 9.35 Å². The Hall–Kier alpha value is -0.680. The van der Waals surface area contributed by atoms with Crippen LogP contribution >= 0.6 is 0 Å². The lowest BCUT2D eigenvalue weighted by molar-refractivity contribution is -0.118. The normalized spacial score (nSPS) is 13.9. The molecule has 0 aromatic rings. The minimum absolute atomic E-state index is 0.297. The van der Waals surface area contributed by atoms with Crippen molar-refractivity contribution in [3.05, 3.63) is 12.2 Å². The molecule has 0 saturated carbocycles. The highest BCUT2D eigenvalue weighted by molar-refractivity contribution is 7.85. The van der Waals surface area contributed by atoms with Crippen molar-refractivity contribution in [3.8, 4) is 0 Å². The molecule has 4 nitrogen and oxygen atoms in total. The van der Waals surface area contributed by atoms with Crippen LogP contribution in [-0.4, -0.2) is 24.5 Å². The molecular formula is C7H12O4S. The third kappa shape index (κ3) is 4.25. The summed E-state index contributed by atoms with van der Waals surface area (Å²) in [6, 6.07) is 0. The van der Waals surface area contributed by atoms with Crippen molar-refractivity contribution < 1.29 is 17.8 Å². The van der Waals surface area contributed by atoms with Crippen molar-refractivity contribution >= 4 is 15.9 Å². The van der Waals surface area contributed by atoms with Crippen molar-refractivity contribution in [3.63, 3.8) is 0 Å². The maximum Gasteiger partial charge on any atom is 0.265 e. The van der Waals surface area contributed by atoms with Gasteiger partial charge in [0.25, 0.3) is 10.1 Å². The largest absolute Gasteiger partial charge is 0.294 e. The number of ketones is 1. The molecule has 5 heteroatoms. The van der Waals surface area contributed by atoms with Gasteiger partial charge < -0.3 is 0 Å². The number of rotatable bonds is 4. The van der Waals surface area contributed by atoms with Crippen LogP contribution in [0.3, 0.4) is 0 Å². The van der Waals surface area contributed by atoms with E-state index >= 15 is 0 Å². The minimum atomic E-state index is -4.06. The number of hydrogen-bond acceptors (Lipinski definition) is 3. The summed E-state index contributed by atoms with van der Waals surface area (Å²) in [5, 5.41) is 0. The maximum absolute atomic E-state index is 11.0. The van der Waals surface area contributed by atoms with E-state index in [9.17, 15) is 13.2 Å². The van der Waals surface area contributed by atoms with E-state index in [1.165, 1.54) is 13.8 Å². The van der Waals surface area contributed by atoms with Gasteiger partial charge in [-0.1, -0.05) is 13.5 Å². The Morgan fingerprint density at radius 2 is 2.00 bits per heavy atom. The Morgan fingerprint density at radius 3 is 2.25 bits per heavy atom. The zero-order valence-electron chi connectivity index (χ0n) is 7.07. The third-order valence-electron chi connectivity index (χ3n) is 1.33. The number of carbonyl (C=O) groups is 1. The summed E-state index contributed by atoms with van der Waals surface area (Å²) in [7, 11) is -4.06. The first-order valence-electron chi connectivity index (χ1n) is 3.39. The third-order valence-corrected chi connectivity index (χ3v) is 2.25. The zero-order valence-corrected chi connectivity index (χ0v) is 7.89. The molecule has 1 unspecified atom stereocenters. The molecule has 0 saturated heterocycles. The lowest BCUT2D eigenvalue weighted by atomic mass is 10.0. The van der Waals surface area contributed by atoms with Gasteiger partial charge in [0.15, 0.2) is 5.78 Å². The molecule has 0 radical (unpaired) electrons. The first kappa shape index (κ1) is 11.3. The van der Waals surface area contributed by atoms with Gasteiger partial charge in [-0.15, -0.1) is 0 Å².